The number of sulfone groups is 2. The van der Waals surface area contributed by atoms with Gasteiger partial charge in [-0.05, 0) is 6.42 Å². The van der Waals surface area contributed by atoms with Crippen molar-refractivity contribution >= 4 is 31.6 Å². The third-order valence-electron chi connectivity index (χ3n) is 2.77. The fourth-order valence-electron chi connectivity index (χ4n) is 1.83. The van der Waals surface area contributed by atoms with Crippen LogP contribution in [0.5, 0.6) is 0 Å². The van der Waals surface area contributed by atoms with Crippen molar-refractivity contribution in [3.05, 3.63) is 0 Å². The van der Waals surface area contributed by atoms with Crippen LogP contribution in [0.25, 0.3) is 0 Å². The molecule has 2 atom stereocenters. The summed E-state index contributed by atoms with van der Waals surface area (Å²) in [5.41, 5.74) is 0. The molecule has 0 saturated carbocycles. The first kappa shape index (κ1) is 15.9. The Balaban J connectivity index is 2.83. The van der Waals surface area contributed by atoms with Crippen molar-refractivity contribution in [2.45, 2.75) is 24.6 Å². The van der Waals surface area contributed by atoms with E-state index in [-0.39, 0.29) is 12.2 Å². The maximum Gasteiger partial charge on any atom is 0.327 e. The van der Waals surface area contributed by atoms with E-state index in [1.807, 2.05) is 5.32 Å². The van der Waals surface area contributed by atoms with Crippen LogP contribution < -0.4 is 5.32 Å². The molecule has 0 aromatic rings. The average molecular weight is 313 g/mol. The van der Waals surface area contributed by atoms with Crippen molar-refractivity contribution in [2.75, 3.05) is 17.3 Å². The van der Waals surface area contributed by atoms with E-state index in [0.29, 0.717) is 0 Å². The quantitative estimate of drug-likeness (QED) is 0.610. The Morgan fingerprint density at radius 2 is 2.00 bits per heavy atom. The largest absolute Gasteiger partial charge is 0.480 e. The molecule has 2 N–H and O–H groups in total. The molecule has 1 aliphatic rings. The molecule has 1 saturated heterocycles. The van der Waals surface area contributed by atoms with Crippen LogP contribution in [0.1, 0.15) is 13.3 Å². The van der Waals surface area contributed by atoms with E-state index < -0.39 is 54.3 Å². The predicted molar refractivity (Wildman–Crippen MR) is 66.1 cm³/mol. The van der Waals surface area contributed by atoms with Crippen LogP contribution in [0.2, 0.25) is 0 Å². The highest BCUT2D eigenvalue weighted by Gasteiger charge is 2.39. The minimum absolute atomic E-state index is 0.0307. The lowest BCUT2D eigenvalue weighted by Crippen LogP contribution is -2.46. The van der Waals surface area contributed by atoms with Gasteiger partial charge < -0.3 is 10.4 Å². The molecule has 1 rings (SSSR count). The fraction of sp³-hybridized carbons (Fsp3) is 0.778. The van der Waals surface area contributed by atoms with E-state index in [9.17, 15) is 26.4 Å². The normalized spacial score (nSPS) is 23.7. The summed E-state index contributed by atoms with van der Waals surface area (Å²) in [6.07, 6.45) is -0.0307. The van der Waals surface area contributed by atoms with Gasteiger partial charge in [0, 0.05) is 6.92 Å². The molecule has 110 valence electrons. The summed E-state index contributed by atoms with van der Waals surface area (Å²) < 4.78 is 46.3. The van der Waals surface area contributed by atoms with Crippen molar-refractivity contribution < 1.29 is 31.5 Å². The van der Waals surface area contributed by atoms with Gasteiger partial charge in [-0.2, -0.15) is 0 Å². The number of carboxylic acids is 1. The molecular weight excluding hydrogens is 298 g/mol. The highest BCUT2D eigenvalue weighted by Crippen LogP contribution is 2.20. The Labute approximate surface area is 111 Å². The molecule has 1 heterocycles. The van der Waals surface area contributed by atoms with Gasteiger partial charge >= 0.3 is 5.97 Å². The van der Waals surface area contributed by atoms with E-state index in [1.165, 1.54) is 0 Å². The van der Waals surface area contributed by atoms with E-state index in [2.05, 4.69) is 0 Å². The highest BCUT2D eigenvalue weighted by atomic mass is 32.2. The summed E-state index contributed by atoms with van der Waals surface area (Å²) in [5.74, 6) is -3.64. The third-order valence-corrected chi connectivity index (χ3v) is 6.97. The number of carboxylic acid groups (broad SMARTS) is 1. The molecule has 10 heteroatoms. The van der Waals surface area contributed by atoms with Gasteiger partial charge in [0.15, 0.2) is 19.7 Å². The van der Waals surface area contributed by atoms with Gasteiger partial charge in [-0.25, -0.2) is 21.6 Å². The van der Waals surface area contributed by atoms with E-state index in [1.54, 1.807) is 0 Å². The first-order valence-corrected chi connectivity index (χ1v) is 8.99. The summed E-state index contributed by atoms with van der Waals surface area (Å²) in [6, 6.07) is -1.56. The summed E-state index contributed by atoms with van der Waals surface area (Å²) in [6.45, 7) is 1.07. The molecule has 0 spiro atoms. The zero-order valence-electron chi connectivity index (χ0n) is 10.2. The maximum atomic E-state index is 11.9. The standard InChI is InChI=1S/C9H15NO7S2/c1-6(11)10-8(9(12)13)5-19(16,17)7-2-3-18(14,15)4-7/h7-8H,2-5H2,1H3,(H,10,11)(H,12,13)/t7?,8-/m0/s1. The van der Waals surface area contributed by atoms with Gasteiger partial charge in [-0.1, -0.05) is 0 Å². The van der Waals surface area contributed by atoms with Crippen molar-refractivity contribution in [2.24, 2.45) is 0 Å². The Bertz CT molecular complexity index is 578. The number of hydrogen-bond acceptors (Lipinski definition) is 6. The molecule has 0 aliphatic carbocycles. The lowest BCUT2D eigenvalue weighted by atomic mass is 10.3. The van der Waals surface area contributed by atoms with Crippen molar-refractivity contribution in [1.82, 2.24) is 5.32 Å². The SMILES string of the molecule is CC(=O)N[C@@H](CS(=O)(=O)C1CCS(=O)(=O)C1)C(=O)O. The molecule has 0 bridgehead atoms. The van der Waals surface area contributed by atoms with E-state index in [0.717, 1.165) is 6.92 Å². The number of nitrogens with one attached hydrogen (secondary N) is 1. The molecule has 1 fully saturated rings. The minimum Gasteiger partial charge on any atom is -0.480 e. The van der Waals surface area contributed by atoms with Crippen molar-refractivity contribution in [3.63, 3.8) is 0 Å². The van der Waals surface area contributed by atoms with Gasteiger partial charge in [0.25, 0.3) is 0 Å². The predicted octanol–water partition coefficient (Wildman–Crippen LogP) is -1.82. The second kappa shape index (κ2) is 5.45. The Kier molecular flexibility index (Phi) is 4.56. The third kappa shape index (κ3) is 4.46. The van der Waals surface area contributed by atoms with E-state index in [4.69, 9.17) is 5.11 Å². The average Bonchev–Trinajstić information content (AvgIpc) is 2.57. The Hall–Kier alpha value is -1.16. The zero-order chi connectivity index (χ0) is 14.8. The molecule has 0 aromatic heterocycles. The van der Waals surface area contributed by atoms with Gasteiger partial charge in [0.05, 0.1) is 22.5 Å². The minimum atomic E-state index is -3.90. The Morgan fingerprint density at radius 3 is 2.37 bits per heavy atom. The highest BCUT2D eigenvalue weighted by molar-refractivity contribution is 7.96. The number of rotatable bonds is 5. The lowest BCUT2D eigenvalue weighted by Gasteiger charge is -2.16. The molecule has 8 nitrogen and oxygen atoms in total. The van der Waals surface area contributed by atoms with Crippen molar-refractivity contribution in [1.29, 1.82) is 0 Å². The van der Waals surface area contributed by atoms with Crippen molar-refractivity contribution in [3.8, 4) is 0 Å². The van der Waals surface area contributed by atoms with Gasteiger partial charge in [0.1, 0.15) is 6.04 Å². The van der Waals surface area contributed by atoms with Crippen LogP contribution in [0.15, 0.2) is 0 Å². The number of aliphatic carboxylic acids is 1. The number of carbonyl (C=O) groups is 2. The topological polar surface area (TPSA) is 135 Å². The summed E-state index contributed by atoms with van der Waals surface area (Å²) >= 11 is 0. The number of carbonyl (C=O) groups excluding carboxylic acids is 1. The van der Waals surface area contributed by atoms with Crippen LogP contribution in [0.3, 0.4) is 0 Å². The summed E-state index contributed by atoms with van der Waals surface area (Å²) in [5, 5.41) is 9.76. The molecule has 1 unspecified atom stereocenters. The van der Waals surface area contributed by atoms with Crippen LogP contribution in [0, 0.1) is 0 Å². The monoisotopic (exact) mass is 313 g/mol. The van der Waals surface area contributed by atoms with Gasteiger partial charge in [0.2, 0.25) is 5.91 Å². The van der Waals surface area contributed by atoms with Gasteiger partial charge in [-0.3, -0.25) is 4.79 Å². The van der Waals surface area contributed by atoms with E-state index >= 15 is 0 Å². The van der Waals surface area contributed by atoms with Crippen LogP contribution in [0.4, 0.5) is 0 Å². The molecular formula is C9H15NO7S2. The Morgan fingerprint density at radius 1 is 1.42 bits per heavy atom. The molecule has 19 heavy (non-hydrogen) atoms. The smallest absolute Gasteiger partial charge is 0.327 e. The first-order valence-electron chi connectivity index (χ1n) is 5.45. The molecule has 0 aromatic carbocycles. The molecule has 1 amide bonds. The maximum absolute atomic E-state index is 11.9. The number of hydrogen-bond donors (Lipinski definition) is 2. The fourth-order valence-corrected chi connectivity index (χ4v) is 6.42. The zero-order valence-corrected chi connectivity index (χ0v) is 11.8. The number of amides is 1. The first-order chi connectivity index (χ1) is 8.53. The lowest BCUT2D eigenvalue weighted by molar-refractivity contribution is -0.140. The second-order valence-corrected chi connectivity index (χ2v) is 9.00. The summed E-state index contributed by atoms with van der Waals surface area (Å²) in [4.78, 5) is 21.7. The van der Waals surface area contributed by atoms with Gasteiger partial charge in [-0.15, -0.1) is 0 Å². The van der Waals surface area contributed by atoms with Crippen LogP contribution in [-0.4, -0.2) is 62.4 Å². The van der Waals surface area contributed by atoms with Crippen LogP contribution in [-0.2, 0) is 29.3 Å². The molecule has 0 radical (unpaired) electrons. The second-order valence-electron chi connectivity index (χ2n) is 4.45. The summed E-state index contributed by atoms with van der Waals surface area (Å²) in [7, 11) is -7.27. The molecule has 1 aliphatic heterocycles. The van der Waals surface area contributed by atoms with Crippen LogP contribution >= 0.6 is 0 Å².